The average molecular weight is 436 g/mol. The van der Waals surface area contributed by atoms with Crippen LogP contribution in [0, 0.1) is 0 Å². The molecule has 3 aromatic rings. The van der Waals surface area contributed by atoms with Crippen LogP contribution in [0.2, 0.25) is 5.02 Å². The number of benzene rings is 3. The Morgan fingerprint density at radius 2 is 1.67 bits per heavy atom. The predicted octanol–water partition coefficient (Wildman–Crippen LogP) is 6.16. The van der Waals surface area contributed by atoms with Gasteiger partial charge in [-0.1, -0.05) is 66.2 Å². The molecule has 0 unspecified atom stereocenters. The molecule has 1 aliphatic rings. The summed E-state index contributed by atoms with van der Waals surface area (Å²) in [6, 6.07) is 24.5. The van der Waals surface area contributed by atoms with E-state index in [1.54, 1.807) is 24.3 Å². The molecule has 0 bridgehead atoms. The maximum Gasteiger partial charge on any atom is 0.293 e. The Hall–Kier alpha value is -3.02. The number of hydrogen-bond donors (Lipinski definition) is 0. The second-order valence-corrected chi connectivity index (χ2v) is 8.17. The van der Waals surface area contributed by atoms with Gasteiger partial charge in [-0.15, -0.1) is 0 Å². The number of carbonyl (C=O) groups excluding carboxylic acids is 2. The summed E-state index contributed by atoms with van der Waals surface area (Å²) in [7, 11) is 0. The first-order valence-corrected chi connectivity index (χ1v) is 10.5. The molecule has 2 amide bonds. The van der Waals surface area contributed by atoms with Crippen LogP contribution in [0.5, 0.6) is 5.75 Å². The van der Waals surface area contributed by atoms with Crippen molar-refractivity contribution < 1.29 is 14.3 Å². The zero-order valence-electron chi connectivity index (χ0n) is 16.0. The van der Waals surface area contributed by atoms with Gasteiger partial charge in [0.1, 0.15) is 12.4 Å². The van der Waals surface area contributed by atoms with Crippen molar-refractivity contribution in [3.8, 4) is 5.75 Å². The van der Waals surface area contributed by atoms with Crippen molar-refractivity contribution in [2.24, 2.45) is 0 Å². The lowest BCUT2D eigenvalue weighted by Crippen LogP contribution is -2.27. The monoisotopic (exact) mass is 435 g/mol. The molecular formula is C24H18ClNO3S. The standard InChI is InChI=1S/C24H18ClNO3S/c25-20-10-4-9-19(12-20)15-26-23(27)22(30-24(26)28)14-18-8-5-11-21(13-18)29-16-17-6-2-1-3-7-17/h1-14H,15-16H2/b22-14-. The fraction of sp³-hybridized carbons (Fsp3) is 0.0833. The van der Waals surface area contributed by atoms with Crippen LogP contribution in [-0.2, 0) is 17.9 Å². The molecule has 0 radical (unpaired) electrons. The van der Waals surface area contributed by atoms with Gasteiger partial charge in [0.25, 0.3) is 11.1 Å². The number of thioether (sulfide) groups is 1. The molecule has 0 atom stereocenters. The molecular weight excluding hydrogens is 418 g/mol. The highest BCUT2D eigenvalue weighted by Gasteiger charge is 2.35. The van der Waals surface area contributed by atoms with Crippen LogP contribution in [0.3, 0.4) is 0 Å². The zero-order chi connectivity index (χ0) is 20.9. The molecule has 0 N–H and O–H groups in total. The normalized spacial score (nSPS) is 15.1. The summed E-state index contributed by atoms with van der Waals surface area (Å²) in [4.78, 5) is 26.8. The number of ether oxygens (including phenoxy) is 1. The second-order valence-electron chi connectivity index (χ2n) is 6.74. The van der Waals surface area contributed by atoms with E-state index in [9.17, 15) is 9.59 Å². The average Bonchev–Trinajstić information content (AvgIpc) is 3.01. The molecule has 4 rings (SSSR count). The number of rotatable bonds is 6. The van der Waals surface area contributed by atoms with Gasteiger partial charge >= 0.3 is 0 Å². The summed E-state index contributed by atoms with van der Waals surface area (Å²) in [6.45, 7) is 0.656. The molecule has 1 aliphatic heterocycles. The van der Waals surface area contributed by atoms with Crippen molar-refractivity contribution in [2.45, 2.75) is 13.2 Å². The van der Waals surface area contributed by atoms with Gasteiger partial charge < -0.3 is 4.74 Å². The Morgan fingerprint density at radius 1 is 0.900 bits per heavy atom. The largest absolute Gasteiger partial charge is 0.489 e. The van der Waals surface area contributed by atoms with Crippen LogP contribution in [0.15, 0.2) is 83.8 Å². The predicted molar refractivity (Wildman–Crippen MR) is 120 cm³/mol. The zero-order valence-corrected chi connectivity index (χ0v) is 17.5. The van der Waals surface area contributed by atoms with Gasteiger partial charge in [-0.2, -0.15) is 0 Å². The summed E-state index contributed by atoms with van der Waals surface area (Å²) >= 11 is 6.94. The van der Waals surface area contributed by atoms with E-state index in [0.29, 0.717) is 22.3 Å². The maximum atomic E-state index is 12.8. The first-order valence-electron chi connectivity index (χ1n) is 9.35. The van der Waals surface area contributed by atoms with Crippen LogP contribution in [0.4, 0.5) is 4.79 Å². The molecule has 0 aromatic heterocycles. The summed E-state index contributed by atoms with van der Waals surface area (Å²) in [5.74, 6) is 0.395. The minimum atomic E-state index is -0.305. The molecule has 30 heavy (non-hydrogen) atoms. The van der Waals surface area contributed by atoms with E-state index in [4.69, 9.17) is 16.3 Å². The third-order valence-electron chi connectivity index (χ3n) is 4.51. The summed E-state index contributed by atoms with van der Waals surface area (Å²) < 4.78 is 5.85. The fourth-order valence-corrected chi connectivity index (χ4v) is 4.09. The molecule has 1 saturated heterocycles. The highest BCUT2D eigenvalue weighted by Crippen LogP contribution is 2.34. The van der Waals surface area contributed by atoms with Crippen molar-refractivity contribution in [3.05, 3.63) is 105 Å². The van der Waals surface area contributed by atoms with Gasteiger partial charge in [0.2, 0.25) is 0 Å². The highest BCUT2D eigenvalue weighted by atomic mass is 35.5. The number of amides is 2. The molecule has 3 aromatic carbocycles. The quantitative estimate of drug-likeness (QED) is 0.435. The van der Waals surface area contributed by atoms with E-state index >= 15 is 0 Å². The Balaban J connectivity index is 1.46. The van der Waals surface area contributed by atoms with E-state index < -0.39 is 0 Å². The Labute approximate surface area is 184 Å². The third-order valence-corrected chi connectivity index (χ3v) is 5.65. The molecule has 0 spiro atoms. The summed E-state index contributed by atoms with van der Waals surface area (Å²) in [5, 5.41) is 0.282. The van der Waals surface area contributed by atoms with Gasteiger partial charge in [-0.05, 0) is 58.8 Å². The lowest BCUT2D eigenvalue weighted by Gasteiger charge is -2.12. The summed E-state index contributed by atoms with van der Waals surface area (Å²) in [6.07, 6.45) is 1.72. The van der Waals surface area contributed by atoms with Gasteiger partial charge in [0.15, 0.2) is 0 Å². The molecule has 150 valence electrons. The number of hydrogen-bond acceptors (Lipinski definition) is 4. The lowest BCUT2D eigenvalue weighted by molar-refractivity contribution is -0.123. The molecule has 4 nitrogen and oxygen atoms in total. The Bertz CT molecular complexity index is 1110. The van der Waals surface area contributed by atoms with Crippen LogP contribution >= 0.6 is 23.4 Å². The van der Waals surface area contributed by atoms with E-state index in [-0.39, 0.29) is 17.7 Å². The van der Waals surface area contributed by atoms with Crippen molar-refractivity contribution in [1.82, 2.24) is 4.90 Å². The lowest BCUT2D eigenvalue weighted by atomic mass is 10.2. The summed E-state index contributed by atoms with van der Waals surface area (Å²) in [5.41, 5.74) is 2.68. The first-order chi connectivity index (χ1) is 14.6. The van der Waals surface area contributed by atoms with E-state index in [0.717, 1.165) is 28.5 Å². The highest BCUT2D eigenvalue weighted by molar-refractivity contribution is 8.18. The van der Waals surface area contributed by atoms with Crippen molar-refractivity contribution in [2.75, 3.05) is 0 Å². The van der Waals surface area contributed by atoms with Crippen LogP contribution in [0.1, 0.15) is 16.7 Å². The van der Waals surface area contributed by atoms with Gasteiger partial charge in [0.05, 0.1) is 11.4 Å². The first kappa shape index (κ1) is 20.3. The van der Waals surface area contributed by atoms with E-state index in [2.05, 4.69) is 0 Å². The van der Waals surface area contributed by atoms with Crippen LogP contribution in [-0.4, -0.2) is 16.0 Å². The van der Waals surface area contributed by atoms with Crippen molar-refractivity contribution in [1.29, 1.82) is 0 Å². The Morgan fingerprint density at radius 3 is 2.47 bits per heavy atom. The smallest absolute Gasteiger partial charge is 0.293 e. The van der Waals surface area contributed by atoms with Crippen LogP contribution in [0.25, 0.3) is 6.08 Å². The van der Waals surface area contributed by atoms with Gasteiger partial charge in [-0.25, -0.2) is 0 Å². The van der Waals surface area contributed by atoms with Gasteiger partial charge in [-0.3, -0.25) is 14.5 Å². The Kier molecular flexibility index (Phi) is 6.21. The maximum absolute atomic E-state index is 12.8. The molecule has 1 heterocycles. The molecule has 0 aliphatic carbocycles. The number of imide groups is 1. The van der Waals surface area contributed by atoms with Crippen molar-refractivity contribution >= 4 is 40.6 Å². The SMILES string of the molecule is O=C1S/C(=C\c2cccc(OCc3ccccc3)c2)C(=O)N1Cc1cccc(Cl)c1. The van der Waals surface area contributed by atoms with Gasteiger partial charge in [0, 0.05) is 5.02 Å². The number of halogens is 1. The number of nitrogens with zero attached hydrogens (tertiary/aromatic N) is 1. The molecule has 6 heteroatoms. The fourth-order valence-electron chi connectivity index (χ4n) is 3.04. The van der Waals surface area contributed by atoms with Crippen molar-refractivity contribution in [3.63, 3.8) is 0 Å². The third kappa shape index (κ3) is 4.93. The van der Waals surface area contributed by atoms with E-state index in [1.807, 2.05) is 60.7 Å². The second kappa shape index (κ2) is 9.20. The minimum absolute atomic E-state index is 0.197. The molecule has 0 saturated carbocycles. The van der Waals surface area contributed by atoms with Crippen LogP contribution < -0.4 is 4.74 Å². The minimum Gasteiger partial charge on any atom is -0.489 e. The number of carbonyl (C=O) groups is 2. The topological polar surface area (TPSA) is 46.6 Å². The molecule has 1 fully saturated rings. The van der Waals surface area contributed by atoms with E-state index in [1.165, 1.54) is 4.90 Å².